The topological polar surface area (TPSA) is 55.1 Å². The largest absolute Gasteiger partial charge is 0.399 e. The van der Waals surface area contributed by atoms with E-state index in [1.54, 1.807) is 6.07 Å². The summed E-state index contributed by atoms with van der Waals surface area (Å²) in [4.78, 5) is 11.8. The molecule has 0 bridgehead atoms. The summed E-state index contributed by atoms with van der Waals surface area (Å²) in [5, 5.41) is 2.91. The Morgan fingerprint density at radius 2 is 2.17 bits per heavy atom. The molecule has 0 radical (unpaired) electrons. The molecule has 0 saturated heterocycles. The first-order valence-corrected chi connectivity index (χ1v) is 7.38. The van der Waals surface area contributed by atoms with Crippen molar-refractivity contribution in [2.24, 2.45) is 5.92 Å². The van der Waals surface area contributed by atoms with Crippen LogP contribution in [0.15, 0.2) is 18.2 Å². The summed E-state index contributed by atoms with van der Waals surface area (Å²) in [5.41, 5.74) is 8.22. The van der Waals surface area contributed by atoms with Gasteiger partial charge >= 0.3 is 0 Å². The van der Waals surface area contributed by atoms with Crippen LogP contribution < -0.4 is 11.1 Å². The van der Waals surface area contributed by atoms with Crippen LogP contribution in [0, 0.1) is 12.8 Å². The number of hydrogen-bond acceptors (Lipinski definition) is 3. The van der Waals surface area contributed by atoms with Crippen LogP contribution in [0.1, 0.15) is 25.8 Å². The van der Waals surface area contributed by atoms with Gasteiger partial charge in [-0.15, -0.1) is 0 Å². The van der Waals surface area contributed by atoms with Gasteiger partial charge in [0.05, 0.1) is 0 Å². The van der Waals surface area contributed by atoms with Crippen molar-refractivity contribution in [3.05, 3.63) is 23.8 Å². The van der Waals surface area contributed by atoms with E-state index in [2.05, 4.69) is 19.2 Å². The Labute approximate surface area is 114 Å². The van der Waals surface area contributed by atoms with E-state index >= 15 is 0 Å². The van der Waals surface area contributed by atoms with Gasteiger partial charge in [-0.05, 0) is 36.3 Å². The number of carbonyl (C=O) groups excluding carboxylic acids is 1. The molecule has 18 heavy (non-hydrogen) atoms. The standard InChI is InChI=1S/C14H22N2OS/c1-10(2)9-18-7-6-14(17)16-13-8-12(15)5-4-11(13)3/h4-5,8,10H,6-7,9,15H2,1-3H3,(H,16,17). The maximum Gasteiger partial charge on any atom is 0.225 e. The van der Waals surface area contributed by atoms with Gasteiger partial charge in [-0.1, -0.05) is 19.9 Å². The van der Waals surface area contributed by atoms with Crippen molar-refractivity contribution in [2.45, 2.75) is 27.2 Å². The lowest BCUT2D eigenvalue weighted by atomic mass is 10.2. The molecule has 0 aliphatic carbocycles. The first-order valence-electron chi connectivity index (χ1n) is 6.22. The Kier molecular flexibility index (Phi) is 6.05. The number of amides is 1. The zero-order chi connectivity index (χ0) is 13.5. The number of carbonyl (C=O) groups is 1. The molecule has 1 rings (SSSR count). The number of benzene rings is 1. The smallest absolute Gasteiger partial charge is 0.225 e. The molecule has 0 saturated carbocycles. The van der Waals surface area contributed by atoms with Gasteiger partial charge in [-0.2, -0.15) is 11.8 Å². The molecule has 0 spiro atoms. The Balaban J connectivity index is 2.38. The number of nitrogen functional groups attached to an aromatic ring is 1. The highest BCUT2D eigenvalue weighted by molar-refractivity contribution is 7.99. The van der Waals surface area contributed by atoms with Crippen molar-refractivity contribution in [3.63, 3.8) is 0 Å². The predicted octanol–water partition coefficient (Wildman–Crippen LogP) is 3.30. The maximum absolute atomic E-state index is 11.8. The number of hydrogen-bond donors (Lipinski definition) is 2. The lowest BCUT2D eigenvalue weighted by molar-refractivity contribution is -0.115. The minimum Gasteiger partial charge on any atom is -0.399 e. The summed E-state index contributed by atoms with van der Waals surface area (Å²) in [6, 6.07) is 5.55. The van der Waals surface area contributed by atoms with Gasteiger partial charge in [0, 0.05) is 23.5 Å². The van der Waals surface area contributed by atoms with E-state index in [-0.39, 0.29) is 5.91 Å². The molecule has 4 heteroatoms. The highest BCUT2D eigenvalue weighted by Crippen LogP contribution is 2.18. The Morgan fingerprint density at radius 1 is 1.44 bits per heavy atom. The van der Waals surface area contributed by atoms with E-state index in [0.717, 1.165) is 22.8 Å². The molecule has 1 aromatic rings. The summed E-state index contributed by atoms with van der Waals surface area (Å²) in [6.07, 6.45) is 0.547. The van der Waals surface area contributed by atoms with Crippen molar-refractivity contribution in [1.82, 2.24) is 0 Å². The summed E-state index contributed by atoms with van der Waals surface area (Å²) in [5.74, 6) is 2.70. The Morgan fingerprint density at radius 3 is 2.83 bits per heavy atom. The minimum absolute atomic E-state index is 0.0555. The molecular formula is C14H22N2OS. The van der Waals surface area contributed by atoms with Gasteiger partial charge in [0.15, 0.2) is 0 Å². The summed E-state index contributed by atoms with van der Waals surface area (Å²) in [7, 11) is 0. The van der Waals surface area contributed by atoms with Crippen LogP contribution in [0.4, 0.5) is 11.4 Å². The number of aryl methyl sites for hydroxylation is 1. The fraction of sp³-hybridized carbons (Fsp3) is 0.500. The van der Waals surface area contributed by atoms with Gasteiger partial charge < -0.3 is 11.1 Å². The van der Waals surface area contributed by atoms with E-state index in [9.17, 15) is 4.79 Å². The van der Waals surface area contributed by atoms with Crippen molar-refractivity contribution >= 4 is 29.0 Å². The van der Waals surface area contributed by atoms with Crippen molar-refractivity contribution < 1.29 is 4.79 Å². The molecule has 3 N–H and O–H groups in total. The quantitative estimate of drug-likeness (QED) is 0.613. The second-order valence-electron chi connectivity index (χ2n) is 4.84. The second kappa shape index (κ2) is 7.31. The molecule has 0 aromatic heterocycles. The van der Waals surface area contributed by atoms with Gasteiger partial charge in [0.1, 0.15) is 0 Å². The van der Waals surface area contributed by atoms with Gasteiger partial charge in [-0.3, -0.25) is 4.79 Å². The molecule has 0 fully saturated rings. The van der Waals surface area contributed by atoms with Crippen molar-refractivity contribution in [3.8, 4) is 0 Å². The van der Waals surface area contributed by atoms with Crippen molar-refractivity contribution in [1.29, 1.82) is 0 Å². The predicted molar refractivity (Wildman–Crippen MR) is 81.0 cm³/mol. The maximum atomic E-state index is 11.8. The highest BCUT2D eigenvalue weighted by Gasteiger charge is 2.05. The minimum atomic E-state index is 0.0555. The molecule has 0 unspecified atom stereocenters. The van der Waals surface area contributed by atoms with Gasteiger partial charge in [0.25, 0.3) is 0 Å². The number of anilines is 2. The van der Waals surface area contributed by atoms with Crippen LogP contribution in [0.5, 0.6) is 0 Å². The van der Waals surface area contributed by atoms with E-state index in [0.29, 0.717) is 18.0 Å². The van der Waals surface area contributed by atoms with Crippen LogP contribution in [0.2, 0.25) is 0 Å². The molecule has 0 heterocycles. The third-order valence-corrected chi connectivity index (χ3v) is 3.86. The van der Waals surface area contributed by atoms with Crippen LogP contribution in [-0.2, 0) is 4.79 Å². The molecule has 0 aliphatic heterocycles. The number of rotatable bonds is 6. The number of thioether (sulfide) groups is 1. The molecule has 0 atom stereocenters. The molecular weight excluding hydrogens is 244 g/mol. The Bertz CT molecular complexity index is 405. The SMILES string of the molecule is Cc1ccc(N)cc1NC(=O)CCSCC(C)C. The van der Waals surface area contributed by atoms with Crippen LogP contribution in [-0.4, -0.2) is 17.4 Å². The number of nitrogens with one attached hydrogen (secondary N) is 1. The van der Waals surface area contributed by atoms with Crippen LogP contribution >= 0.6 is 11.8 Å². The van der Waals surface area contributed by atoms with Gasteiger partial charge in [-0.25, -0.2) is 0 Å². The normalized spacial score (nSPS) is 10.7. The first-order chi connectivity index (χ1) is 8.49. The molecule has 1 aromatic carbocycles. The fourth-order valence-electron chi connectivity index (χ4n) is 1.47. The molecule has 0 aliphatic rings. The lowest BCUT2D eigenvalue weighted by Crippen LogP contribution is -2.13. The molecule has 1 amide bonds. The first kappa shape index (κ1) is 14.9. The summed E-state index contributed by atoms with van der Waals surface area (Å²) >= 11 is 1.82. The van der Waals surface area contributed by atoms with E-state index < -0.39 is 0 Å². The summed E-state index contributed by atoms with van der Waals surface area (Å²) < 4.78 is 0. The Hall–Kier alpha value is -1.16. The number of nitrogens with two attached hydrogens (primary N) is 1. The zero-order valence-corrected chi connectivity index (χ0v) is 12.1. The second-order valence-corrected chi connectivity index (χ2v) is 5.99. The average Bonchev–Trinajstić information content (AvgIpc) is 2.29. The highest BCUT2D eigenvalue weighted by atomic mass is 32.2. The van der Waals surface area contributed by atoms with E-state index in [1.165, 1.54) is 0 Å². The van der Waals surface area contributed by atoms with Crippen molar-refractivity contribution in [2.75, 3.05) is 22.6 Å². The third kappa shape index (κ3) is 5.45. The van der Waals surface area contributed by atoms with Crippen LogP contribution in [0.3, 0.4) is 0 Å². The monoisotopic (exact) mass is 266 g/mol. The zero-order valence-electron chi connectivity index (χ0n) is 11.3. The van der Waals surface area contributed by atoms with E-state index in [1.807, 2.05) is 30.8 Å². The van der Waals surface area contributed by atoms with Gasteiger partial charge in [0.2, 0.25) is 5.91 Å². The van der Waals surface area contributed by atoms with Crippen LogP contribution in [0.25, 0.3) is 0 Å². The van der Waals surface area contributed by atoms with E-state index in [4.69, 9.17) is 5.73 Å². The fourth-order valence-corrected chi connectivity index (χ4v) is 2.44. The summed E-state index contributed by atoms with van der Waals surface area (Å²) in [6.45, 7) is 6.33. The molecule has 100 valence electrons. The molecule has 3 nitrogen and oxygen atoms in total. The third-order valence-electron chi connectivity index (χ3n) is 2.46. The lowest BCUT2D eigenvalue weighted by Gasteiger charge is -2.09. The average molecular weight is 266 g/mol.